The van der Waals surface area contributed by atoms with Gasteiger partial charge in [-0.3, -0.25) is 4.90 Å². The molecule has 2 aliphatic heterocycles. The summed E-state index contributed by atoms with van der Waals surface area (Å²) in [6.07, 6.45) is 6.68. The molecule has 2 saturated heterocycles. The Balaban J connectivity index is 1.99. The van der Waals surface area contributed by atoms with Crippen LogP contribution >= 0.6 is 0 Å². The Morgan fingerprint density at radius 1 is 1.11 bits per heavy atom. The van der Waals surface area contributed by atoms with Gasteiger partial charge in [0.1, 0.15) is 0 Å². The van der Waals surface area contributed by atoms with Crippen LogP contribution in [0.3, 0.4) is 0 Å². The minimum atomic E-state index is -0.00396. The maximum atomic E-state index is 9.76. The second kappa shape index (κ2) is 6.85. The molecule has 2 aliphatic rings. The van der Waals surface area contributed by atoms with Gasteiger partial charge in [-0.05, 0) is 32.2 Å². The number of ether oxygens (including phenoxy) is 1. The largest absolute Gasteiger partial charge is 0.396 e. The molecule has 0 amide bonds. The molecule has 0 radical (unpaired) electrons. The lowest BCUT2D eigenvalue weighted by atomic mass is 9.80. The Bertz CT molecular complexity index is 241. The summed E-state index contributed by atoms with van der Waals surface area (Å²) in [6.45, 7) is 3.99. The summed E-state index contributed by atoms with van der Waals surface area (Å²) >= 11 is 0. The number of likely N-dealkylation sites (tertiary alicyclic amines) is 1. The van der Waals surface area contributed by atoms with Crippen molar-refractivity contribution in [2.45, 2.75) is 44.6 Å². The predicted molar refractivity (Wildman–Crippen MR) is 70.5 cm³/mol. The van der Waals surface area contributed by atoms with E-state index in [0.717, 1.165) is 45.6 Å². The molecule has 18 heavy (non-hydrogen) atoms. The summed E-state index contributed by atoms with van der Waals surface area (Å²) in [5.74, 6) is 0. The number of aliphatic hydroxyl groups is 2. The molecule has 1 atom stereocenters. The lowest BCUT2D eigenvalue weighted by molar-refractivity contribution is -0.0440. The van der Waals surface area contributed by atoms with Gasteiger partial charge in [0.2, 0.25) is 0 Å². The highest BCUT2D eigenvalue weighted by molar-refractivity contribution is 4.87. The third-order valence-corrected chi connectivity index (χ3v) is 4.64. The van der Waals surface area contributed by atoms with Gasteiger partial charge in [-0.25, -0.2) is 0 Å². The normalized spacial score (nSPS) is 30.0. The topological polar surface area (TPSA) is 52.9 Å². The minimum Gasteiger partial charge on any atom is -0.396 e. The first-order valence-electron chi connectivity index (χ1n) is 7.33. The van der Waals surface area contributed by atoms with Crippen molar-refractivity contribution in [1.82, 2.24) is 4.90 Å². The second-order valence-electron chi connectivity index (χ2n) is 5.93. The molecule has 0 aromatic heterocycles. The van der Waals surface area contributed by atoms with Gasteiger partial charge in [0.25, 0.3) is 0 Å². The van der Waals surface area contributed by atoms with Crippen LogP contribution in [0, 0.1) is 5.41 Å². The first kappa shape index (κ1) is 14.3. The fourth-order valence-electron chi connectivity index (χ4n) is 3.25. The summed E-state index contributed by atoms with van der Waals surface area (Å²) < 4.78 is 5.41. The number of nitrogens with zero attached hydrogens (tertiary/aromatic N) is 1. The smallest absolute Gasteiger partial charge is 0.0586 e. The van der Waals surface area contributed by atoms with Crippen LogP contribution in [0.1, 0.15) is 38.5 Å². The van der Waals surface area contributed by atoms with Crippen molar-refractivity contribution in [3.63, 3.8) is 0 Å². The third-order valence-electron chi connectivity index (χ3n) is 4.64. The van der Waals surface area contributed by atoms with E-state index in [9.17, 15) is 10.2 Å². The molecule has 4 nitrogen and oxygen atoms in total. The number of aliphatic hydroxyl groups excluding tert-OH is 2. The zero-order valence-corrected chi connectivity index (χ0v) is 11.3. The monoisotopic (exact) mass is 257 g/mol. The molecule has 106 valence electrons. The van der Waals surface area contributed by atoms with Crippen LogP contribution in [0.4, 0.5) is 0 Å². The lowest BCUT2D eigenvalue weighted by Gasteiger charge is -2.41. The maximum absolute atomic E-state index is 9.76. The first-order valence-corrected chi connectivity index (χ1v) is 7.33. The highest BCUT2D eigenvalue weighted by Crippen LogP contribution is 2.32. The van der Waals surface area contributed by atoms with Gasteiger partial charge in [0.05, 0.1) is 13.2 Å². The van der Waals surface area contributed by atoms with E-state index < -0.39 is 0 Å². The molecule has 0 spiro atoms. The molecule has 1 unspecified atom stereocenters. The van der Waals surface area contributed by atoms with E-state index in [4.69, 9.17) is 4.74 Å². The Hall–Kier alpha value is -0.160. The van der Waals surface area contributed by atoms with Gasteiger partial charge < -0.3 is 14.9 Å². The van der Waals surface area contributed by atoms with Crippen LogP contribution < -0.4 is 0 Å². The van der Waals surface area contributed by atoms with Crippen molar-refractivity contribution in [1.29, 1.82) is 0 Å². The highest BCUT2D eigenvalue weighted by Gasteiger charge is 2.35. The van der Waals surface area contributed by atoms with Gasteiger partial charge in [-0.1, -0.05) is 12.8 Å². The molecule has 0 bridgehead atoms. The molecule has 0 saturated carbocycles. The standard InChI is InChI=1S/C14H27NO3/c16-10-13-4-2-1-3-7-15(13)11-14(12-17)5-8-18-9-6-14/h13,16-17H,1-12H2. The number of hydrogen-bond acceptors (Lipinski definition) is 4. The quantitative estimate of drug-likeness (QED) is 0.789. The van der Waals surface area contributed by atoms with E-state index in [-0.39, 0.29) is 18.6 Å². The molecule has 2 heterocycles. The molecule has 4 heteroatoms. The van der Waals surface area contributed by atoms with Gasteiger partial charge in [-0.15, -0.1) is 0 Å². The van der Waals surface area contributed by atoms with Gasteiger partial charge in [0.15, 0.2) is 0 Å². The average molecular weight is 257 g/mol. The molecular formula is C14H27NO3. The average Bonchev–Trinajstić information content (AvgIpc) is 2.65. The third kappa shape index (κ3) is 3.44. The minimum absolute atomic E-state index is 0.00396. The van der Waals surface area contributed by atoms with Crippen LogP contribution in [-0.4, -0.2) is 60.7 Å². The van der Waals surface area contributed by atoms with Crippen LogP contribution in [0.15, 0.2) is 0 Å². The van der Waals surface area contributed by atoms with E-state index >= 15 is 0 Å². The summed E-state index contributed by atoms with van der Waals surface area (Å²) in [6, 6.07) is 0.291. The van der Waals surface area contributed by atoms with Crippen molar-refractivity contribution in [2.75, 3.05) is 39.5 Å². The zero-order chi connectivity index (χ0) is 12.8. The first-order chi connectivity index (χ1) is 8.79. The summed E-state index contributed by atoms with van der Waals surface area (Å²) in [7, 11) is 0. The summed E-state index contributed by atoms with van der Waals surface area (Å²) in [4.78, 5) is 2.41. The Morgan fingerprint density at radius 3 is 2.56 bits per heavy atom. The van der Waals surface area contributed by atoms with Crippen LogP contribution in [0.2, 0.25) is 0 Å². The predicted octanol–water partition coefficient (Wildman–Crippen LogP) is 1.01. The lowest BCUT2D eigenvalue weighted by Crippen LogP contribution is -2.48. The van der Waals surface area contributed by atoms with Gasteiger partial charge in [0, 0.05) is 31.2 Å². The SMILES string of the molecule is OCC1CCCCCN1CC1(CO)CCOCC1. The van der Waals surface area contributed by atoms with Crippen LogP contribution in [0.5, 0.6) is 0 Å². The summed E-state index contributed by atoms with van der Waals surface area (Å²) in [5.41, 5.74) is -0.00396. The molecule has 2 fully saturated rings. The van der Waals surface area contributed by atoms with Crippen LogP contribution in [-0.2, 0) is 4.74 Å². The van der Waals surface area contributed by atoms with Crippen molar-refractivity contribution in [3.05, 3.63) is 0 Å². The zero-order valence-electron chi connectivity index (χ0n) is 11.3. The van der Waals surface area contributed by atoms with Gasteiger partial charge >= 0.3 is 0 Å². The van der Waals surface area contributed by atoms with Crippen molar-refractivity contribution in [2.24, 2.45) is 5.41 Å². The van der Waals surface area contributed by atoms with Gasteiger partial charge in [-0.2, -0.15) is 0 Å². The molecule has 0 aromatic carbocycles. The molecule has 2 rings (SSSR count). The van der Waals surface area contributed by atoms with Crippen LogP contribution in [0.25, 0.3) is 0 Å². The Kier molecular flexibility index (Phi) is 5.42. The Labute approximate surface area is 110 Å². The highest BCUT2D eigenvalue weighted by atomic mass is 16.5. The molecular weight excluding hydrogens is 230 g/mol. The van der Waals surface area contributed by atoms with E-state index in [1.54, 1.807) is 0 Å². The summed E-state index contributed by atoms with van der Waals surface area (Å²) in [5, 5.41) is 19.3. The Morgan fingerprint density at radius 2 is 1.89 bits per heavy atom. The number of rotatable bonds is 4. The second-order valence-corrected chi connectivity index (χ2v) is 5.93. The van der Waals surface area contributed by atoms with Crippen molar-refractivity contribution >= 4 is 0 Å². The van der Waals surface area contributed by atoms with E-state index in [1.165, 1.54) is 19.3 Å². The number of hydrogen-bond donors (Lipinski definition) is 2. The molecule has 2 N–H and O–H groups in total. The maximum Gasteiger partial charge on any atom is 0.0586 e. The molecule has 0 aromatic rings. The van der Waals surface area contributed by atoms with E-state index in [2.05, 4.69) is 4.90 Å². The van der Waals surface area contributed by atoms with Crippen molar-refractivity contribution in [3.8, 4) is 0 Å². The van der Waals surface area contributed by atoms with Crippen molar-refractivity contribution < 1.29 is 14.9 Å². The van der Waals surface area contributed by atoms with E-state index in [0.29, 0.717) is 6.04 Å². The fraction of sp³-hybridized carbons (Fsp3) is 1.00. The fourth-order valence-corrected chi connectivity index (χ4v) is 3.25. The van der Waals surface area contributed by atoms with E-state index in [1.807, 2.05) is 0 Å². The molecule has 0 aliphatic carbocycles.